The molecule has 0 unspecified atom stereocenters. The number of rotatable bonds is 8. The Bertz CT molecular complexity index is 931. The Balaban J connectivity index is 2.05. The molecule has 0 saturated heterocycles. The van der Waals surface area contributed by atoms with Crippen LogP contribution in [-0.2, 0) is 14.8 Å². The smallest absolute Gasteiger partial charge is 0.240 e. The van der Waals surface area contributed by atoms with Gasteiger partial charge in [0.1, 0.15) is 0 Å². The van der Waals surface area contributed by atoms with Gasteiger partial charge in [-0.05, 0) is 54.5 Å². The number of hydrogen-bond acceptors (Lipinski definition) is 4. The van der Waals surface area contributed by atoms with Crippen LogP contribution in [0.5, 0.6) is 0 Å². The minimum Gasteiger partial charge on any atom is -0.326 e. The minimum absolute atomic E-state index is 0.130. The van der Waals surface area contributed by atoms with Crippen molar-refractivity contribution in [3.05, 3.63) is 65.7 Å². The first-order chi connectivity index (χ1) is 12.8. The number of ketones is 1. The summed E-state index contributed by atoms with van der Waals surface area (Å²) in [5, 5.41) is 2.67. The van der Waals surface area contributed by atoms with Crippen LogP contribution in [0.25, 0.3) is 6.08 Å². The lowest BCUT2D eigenvalue weighted by Gasteiger charge is -2.06. The Hall–Kier alpha value is -2.77. The van der Waals surface area contributed by atoms with Gasteiger partial charge in [-0.2, -0.15) is 0 Å². The van der Waals surface area contributed by atoms with Crippen LogP contribution in [0.3, 0.4) is 0 Å². The molecule has 1 amide bonds. The highest BCUT2D eigenvalue weighted by molar-refractivity contribution is 7.89. The number of allylic oxidation sites excluding steroid dienone is 1. The van der Waals surface area contributed by atoms with Crippen LogP contribution in [0.15, 0.2) is 59.5 Å². The van der Waals surface area contributed by atoms with Crippen LogP contribution in [0.2, 0.25) is 0 Å². The van der Waals surface area contributed by atoms with Gasteiger partial charge in [-0.3, -0.25) is 9.59 Å². The van der Waals surface area contributed by atoms with Gasteiger partial charge >= 0.3 is 0 Å². The summed E-state index contributed by atoms with van der Waals surface area (Å²) in [5.74, 6) is -0.379. The predicted molar refractivity (Wildman–Crippen MR) is 106 cm³/mol. The number of anilines is 1. The van der Waals surface area contributed by atoms with E-state index in [1.54, 1.807) is 30.3 Å². The molecule has 2 aromatic rings. The SMILES string of the molecule is CCCNS(=O)(=O)c1ccc(C(=O)/C=C/c2ccc(NC(C)=O)cc2)cc1. The molecule has 6 nitrogen and oxygen atoms in total. The molecular formula is C20H22N2O4S. The van der Waals surface area contributed by atoms with E-state index in [-0.39, 0.29) is 16.6 Å². The maximum Gasteiger partial charge on any atom is 0.240 e. The van der Waals surface area contributed by atoms with E-state index in [9.17, 15) is 18.0 Å². The number of nitrogens with one attached hydrogen (secondary N) is 2. The molecule has 0 saturated carbocycles. The van der Waals surface area contributed by atoms with Gasteiger partial charge in [-0.1, -0.05) is 25.1 Å². The number of amides is 1. The lowest BCUT2D eigenvalue weighted by Crippen LogP contribution is -2.24. The van der Waals surface area contributed by atoms with Crippen LogP contribution >= 0.6 is 0 Å². The van der Waals surface area contributed by atoms with Crippen molar-refractivity contribution in [2.45, 2.75) is 25.2 Å². The molecule has 0 atom stereocenters. The van der Waals surface area contributed by atoms with Crippen molar-refractivity contribution in [3.63, 3.8) is 0 Å². The van der Waals surface area contributed by atoms with Gasteiger partial charge in [0.2, 0.25) is 15.9 Å². The molecule has 0 aromatic heterocycles. The Kier molecular flexibility index (Phi) is 7.04. The molecule has 142 valence electrons. The zero-order chi connectivity index (χ0) is 19.9. The number of carbonyl (C=O) groups excluding carboxylic acids is 2. The van der Waals surface area contributed by atoms with Crippen LogP contribution in [0, 0.1) is 0 Å². The second kappa shape index (κ2) is 9.25. The third-order valence-corrected chi connectivity index (χ3v) is 5.13. The maximum atomic E-state index is 12.3. The average molecular weight is 386 g/mol. The normalized spacial score (nSPS) is 11.5. The van der Waals surface area contributed by atoms with Gasteiger partial charge in [-0.25, -0.2) is 13.1 Å². The highest BCUT2D eigenvalue weighted by atomic mass is 32.2. The molecule has 7 heteroatoms. The summed E-state index contributed by atoms with van der Waals surface area (Å²) >= 11 is 0. The zero-order valence-corrected chi connectivity index (χ0v) is 16.0. The van der Waals surface area contributed by atoms with Gasteiger partial charge in [-0.15, -0.1) is 0 Å². The van der Waals surface area contributed by atoms with Gasteiger partial charge in [0.05, 0.1) is 4.90 Å². The topological polar surface area (TPSA) is 92.3 Å². The molecule has 2 N–H and O–H groups in total. The fourth-order valence-corrected chi connectivity index (χ4v) is 3.40. The molecule has 0 spiro atoms. The highest BCUT2D eigenvalue weighted by Crippen LogP contribution is 2.14. The monoisotopic (exact) mass is 386 g/mol. The first kappa shape index (κ1) is 20.5. The summed E-state index contributed by atoms with van der Waals surface area (Å²) < 4.78 is 26.6. The molecule has 27 heavy (non-hydrogen) atoms. The van der Waals surface area contributed by atoms with E-state index < -0.39 is 10.0 Å². The second-order valence-corrected chi connectivity index (χ2v) is 7.69. The Labute approximate surface area is 159 Å². The molecule has 0 radical (unpaired) electrons. The lowest BCUT2D eigenvalue weighted by molar-refractivity contribution is -0.114. The van der Waals surface area contributed by atoms with Crippen LogP contribution in [0.1, 0.15) is 36.2 Å². The first-order valence-electron chi connectivity index (χ1n) is 8.51. The number of sulfonamides is 1. The number of carbonyl (C=O) groups is 2. The third-order valence-electron chi connectivity index (χ3n) is 3.65. The van der Waals surface area contributed by atoms with E-state index in [4.69, 9.17) is 0 Å². The van der Waals surface area contributed by atoms with E-state index in [0.29, 0.717) is 24.2 Å². The maximum absolute atomic E-state index is 12.3. The zero-order valence-electron chi connectivity index (χ0n) is 15.2. The van der Waals surface area contributed by atoms with E-state index >= 15 is 0 Å². The quantitative estimate of drug-likeness (QED) is 0.538. The van der Waals surface area contributed by atoms with Crippen molar-refractivity contribution in [2.24, 2.45) is 0 Å². The highest BCUT2D eigenvalue weighted by Gasteiger charge is 2.13. The molecule has 0 heterocycles. The summed E-state index contributed by atoms with van der Waals surface area (Å²) in [4.78, 5) is 23.4. The predicted octanol–water partition coefficient (Wildman–Crippen LogP) is 3.23. The molecule has 0 fully saturated rings. The van der Waals surface area contributed by atoms with Crippen molar-refractivity contribution >= 4 is 33.5 Å². The summed E-state index contributed by atoms with van der Waals surface area (Å²) in [6.07, 6.45) is 3.78. The summed E-state index contributed by atoms with van der Waals surface area (Å²) in [6, 6.07) is 12.9. The summed E-state index contributed by atoms with van der Waals surface area (Å²) in [6.45, 7) is 3.68. The summed E-state index contributed by atoms with van der Waals surface area (Å²) in [7, 11) is -3.54. The van der Waals surface area contributed by atoms with Crippen molar-refractivity contribution in [3.8, 4) is 0 Å². The number of benzene rings is 2. The molecule has 0 bridgehead atoms. The van der Waals surface area contributed by atoms with Gasteiger partial charge in [0.15, 0.2) is 5.78 Å². The van der Waals surface area contributed by atoms with Crippen LogP contribution in [-0.4, -0.2) is 26.7 Å². The van der Waals surface area contributed by atoms with Gasteiger partial charge in [0.25, 0.3) is 0 Å². The molecular weight excluding hydrogens is 364 g/mol. The van der Waals surface area contributed by atoms with Crippen molar-refractivity contribution in [1.29, 1.82) is 0 Å². The second-order valence-electron chi connectivity index (χ2n) is 5.92. The van der Waals surface area contributed by atoms with E-state index in [2.05, 4.69) is 10.0 Å². The van der Waals surface area contributed by atoms with Gasteiger partial charge in [0, 0.05) is 24.7 Å². The van der Waals surface area contributed by atoms with Crippen molar-refractivity contribution in [2.75, 3.05) is 11.9 Å². The summed E-state index contributed by atoms with van der Waals surface area (Å²) in [5.41, 5.74) is 1.88. The van der Waals surface area contributed by atoms with E-state index in [1.165, 1.54) is 37.3 Å². The first-order valence-corrected chi connectivity index (χ1v) is 10.00. The minimum atomic E-state index is -3.54. The van der Waals surface area contributed by atoms with Crippen LogP contribution in [0.4, 0.5) is 5.69 Å². The van der Waals surface area contributed by atoms with E-state index in [0.717, 1.165) is 5.56 Å². The third kappa shape index (κ3) is 6.16. The average Bonchev–Trinajstić information content (AvgIpc) is 2.65. The molecule has 2 aromatic carbocycles. The Morgan fingerprint density at radius 3 is 2.19 bits per heavy atom. The molecule has 0 aliphatic carbocycles. The molecule has 2 rings (SSSR count). The van der Waals surface area contributed by atoms with Crippen molar-refractivity contribution < 1.29 is 18.0 Å². The molecule has 0 aliphatic heterocycles. The Morgan fingerprint density at radius 2 is 1.63 bits per heavy atom. The fourth-order valence-electron chi connectivity index (χ4n) is 2.27. The lowest BCUT2D eigenvalue weighted by atomic mass is 10.1. The molecule has 0 aliphatic rings. The fraction of sp³-hybridized carbons (Fsp3) is 0.200. The Morgan fingerprint density at radius 1 is 1.00 bits per heavy atom. The van der Waals surface area contributed by atoms with E-state index in [1.807, 2.05) is 6.92 Å². The largest absolute Gasteiger partial charge is 0.326 e. The standard InChI is InChI=1S/C20H22N2O4S/c1-3-14-21-27(25,26)19-11-7-17(8-12-19)20(24)13-6-16-4-9-18(10-5-16)22-15(2)23/h4-13,21H,3,14H2,1-2H3,(H,22,23)/b13-6+. The van der Waals surface area contributed by atoms with Crippen molar-refractivity contribution in [1.82, 2.24) is 4.72 Å². The van der Waals surface area contributed by atoms with Crippen LogP contribution < -0.4 is 10.0 Å². The van der Waals surface area contributed by atoms with Gasteiger partial charge < -0.3 is 5.32 Å². The number of hydrogen-bond donors (Lipinski definition) is 2.